The number of nitrogens with two attached hydrogens (primary N) is 1. The lowest BCUT2D eigenvalue weighted by Crippen LogP contribution is -2.35. The fourth-order valence-corrected chi connectivity index (χ4v) is 2.88. The van der Waals surface area contributed by atoms with E-state index in [1.165, 1.54) is 0 Å². The van der Waals surface area contributed by atoms with Crippen LogP contribution in [0.25, 0.3) is 17.2 Å². The van der Waals surface area contributed by atoms with Gasteiger partial charge in [0.05, 0.1) is 12.4 Å². The third-order valence-corrected chi connectivity index (χ3v) is 4.16. The fraction of sp³-hybridized carbons (Fsp3) is 0.400. The lowest BCUT2D eigenvalue weighted by molar-refractivity contribution is 0.0793. The summed E-state index contributed by atoms with van der Waals surface area (Å²) in [6.07, 6.45) is 4.74. The van der Waals surface area contributed by atoms with Crippen LogP contribution in [0.3, 0.4) is 0 Å². The summed E-state index contributed by atoms with van der Waals surface area (Å²) in [4.78, 5) is 11.1. The van der Waals surface area contributed by atoms with Crippen molar-refractivity contribution in [1.82, 2.24) is 24.5 Å². The van der Waals surface area contributed by atoms with Gasteiger partial charge in [0.1, 0.15) is 0 Å². The normalized spacial score (nSPS) is 17.1. The first-order valence-corrected chi connectivity index (χ1v) is 7.65. The highest BCUT2D eigenvalue weighted by atomic mass is 16.3. The summed E-state index contributed by atoms with van der Waals surface area (Å²) in [6, 6.07) is 3.60. The van der Waals surface area contributed by atoms with E-state index in [0.29, 0.717) is 29.7 Å². The molecule has 0 aliphatic carbocycles. The largest absolute Gasteiger partial charge is 0.461 e. The third-order valence-electron chi connectivity index (χ3n) is 4.16. The quantitative estimate of drug-likeness (QED) is 0.740. The highest BCUT2D eigenvalue weighted by molar-refractivity contribution is 5.57. The molecule has 8 nitrogen and oxygen atoms in total. The number of aliphatic hydroxyl groups is 1. The van der Waals surface area contributed by atoms with Crippen LogP contribution in [-0.4, -0.2) is 48.8 Å². The Hall–Kier alpha value is -2.45. The van der Waals surface area contributed by atoms with E-state index in [-0.39, 0.29) is 6.10 Å². The van der Waals surface area contributed by atoms with E-state index in [1.54, 1.807) is 23.0 Å². The van der Waals surface area contributed by atoms with Gasteiger partial charge in [0.25, 0.3) is 0 Å². The predicted octanol–water partition coefficient (Wildman–Crippen LogP) is 0.923. The minimum atomic E-state index is -0.186. The number of fused-ring (bicyclic) bond motifs is 1. The number of hydrogen-bond acceptors (Lipinski definition) is 7. The van der Waals surface area contributed by atoms with Crippen LogP contribution in [-0.2, 0) is 6.54 Å². The molecule has 8 heteroatoms. The summed E-state index contributed by atoms with van der Waals surface area (Å²) in [7, 11) is 0. The lowest BCUT2D eigenvalue weighted by Gasteiger charge is -2.29. The Labute approximate surface area is 132 Å². The molecule has 3 aromatic heterocycles. The average molecular weight is 314 g/mol. The van der Waals surface area contributed by atoms with E-state index >= 15 is 0 Å². The zero-order valence-electron chi connectivity index (χ0n) is 12.6. The van der Waals surface area contributed by atoms with Crippen molar-refractivity contribution in [3.63, 3.8) is 0 Å². The number of anilines is 1. The van der Waals surface area contributed by atoms with Gasteiger partial charge in [0.2, 0.25) is 11.8 Å². The van der Waals surface area contributed by atoms with Gasteiger partial charge in [-0.05, 0) is 25.0 Å². The first kappa shape index (κ1) is 14.2. The van der Waals surface area contributed by atoms with Gasteiger partial charge in [-0.25, -0.2) is 9.97 Å². The minimum absolute atomic E-state index is 0.186. The van der Waals surface area contributed by atoms with Crippen LogP contribution < -0.4 is 5.73 Å². The molecular formula is C15H18N6O2. The van der Waals surface area contributed by atoms with E-state index in [4.69, 9.17) is 10.2 Å². The van der Waals surface area contributed by atoms with E-state index in [2.05, 4.69) is 20.0 Å². The maximum absolute atomic E-state index is 9.62. The van der Waals surface area contributed by atoms with E-state index < -0.39 is 0 Å². The van der Waals surface area contributed by atoms with E-state index in [0.717, 1.165) is 31.5 Å². The van der Waals surface area contributed by atoms with Crippen molar-refractivity contribution in [3.8, 4) is 11.6 Å². The molecule has 1 aliphatic rings. The summed E-state index contributed by atoms with van der Waals surface area (Å²) in [5.41, 5.74) is 7.56. The Kier molecular flexibility index (Phi) is 3.47. The van der Waals surface area contributed by atoms with Gasteiger partial charge < -0.3 is 15.3 Å². The number of aliphatic hydroxyl groups excluding tert-OH is 1. The molecule has 3 aromatic rings. The van der Waals surface area contributed by atoms with Gasteiger partial charge in [-0.3, -0.25) is 4.90 Å². The SMILES string of the molecule is Nc1ncc(CN2CCC(O)CC2)c2nc(-c3ccco3)nn12. The molecule has 23 heavy (non-hydrogen) atoms. The minimum Gasteiger partial charge on any atom is -0.461 e. The second-order valence-corrected chi connectivity index (χ2v) is 5.80. The van der Waals surface area contributed by atoms with Crippen LogP contribution in [0.5, 0.6) is 0 Å². The molecular weight excluding hydrogens is 296 g/mol. The molecule has 4 heterocycles. The topological polar surface area (TPSA) is 106 Å². The van der Waals surface area contributed by atoms with Crippen LogP contribution in [0, 0.1) is 0 Å². The molecule has 0 amide bonds. The van der Waals surface area contributed by atoms with Crippen molar-refractivity contribution in [1.29, 1.82) is 0 Å². The van der Waals surface area contributed by atoms with Crippen molar-refractivity contribution >= 4 is 11.6 Å². The number of rotatable bonds is 3. The number of furan rings is 1. The van der Waals surface area contributed by atoms with Crippen molar-refractivity contribution in [2.24, 2.45) is 0 Å². The van der Waals surface area contributed by atoms with Crippen molar-refractivity contribution in [2.75, 3.05) is 18.8 Å². The first-order valence-electron chi connectivity index (χ1n) is 7.65. The Morgan fingerprint density at radius 3 is 2.91 bits per heavy atom. The van der Waals surface area contributed by atoms with Gasteiger partial charge in [-0.15, -0.1) is 5.10 Å². The predicted molar refractivity (Wildman–Crippen MR) is 83.4 cm³/mol. The first-order chi connectivity index (χ1) is 11.2. The third kappa shape index (κ3) is 2.66. The summed E-state index contributed by atoms with van der Waals surface area (Å²) in [5.74, 6) is 1.38. The molecule has 1 aliphatic heterocycles. The summed E-state index contributed by atoms with van der Waals surface area (Å²) >= 11 is 0. The van der Waals surface area contributed by atoms with Crippen LogP contribution in [0.2, 0.25) is 0 Å². The number of nitrogens with zero attached hydrogens (tertiary/aromatic N) is 5. The van der Waals surface area contributed by atoms with Gasteiger partial charge in [0, 0.05) is 31.4 Å². The molecule has 0 unspecified atom stereocenters. The van der Waals surface area contributed by atoms with Gasteiger partial charge >= 0.3 is 0 Å². The molecule has 3 N–H and O–H groups in total. The standard InChI is InChI=1S/C15H18N6O2/c16-15-17-8-10(9-20-5-3-11(22)4-6-20)14-18-13(19-21(14)15)12-2-1-7-23-12/h1-2,7-8,11,22H,3-6,9H2,(H2,16,17). The summed E-state index contributed by atoms with van der Waals surface area (Å²) in [6.45, 7) is 2.42. The van der Waals surface area contributed by atoms with Crippen molar-refractivity contribution < 1.29 is 9.52 Å². The monoisotopic (exact) mass is 314 g/mol. The number of piperidine rings is 1. The maximum Gasteiger partial charge on any atom is 0.223 e. The van der Waals surface area contributed by atoms with Gasteiger partial charge in [-0.2, -0.15) is 4.52 Å². The Balaban J connectivity index is 1.68. The molecule has 120 valence electrons. The number of aromatic nitrogens is 4. The highest BCUT2D eigenvalue weighted by Gasteiger charge is 2.20. The Morgan fingerprint density at radius 2 is 2.17 bits per heavy atom. The fourth-order valence-electron chi connectivity index (χ4n) is 2.88. The molecule has 0 saturated carbocycles. The molecule has 4 rings (SSSR count). The molecule has 0 radical (unpaired) electrons. The van der Waals surface area contributed by atoms with E-state index in [1.807, 2.05) is 6.07 Å². The molecule has 0 bridgehead atoms. The number of hydrogen-bond donors (Lipinski definition) is 2. The Bertz CT molecular complexity index is 805. The molecule has 1 saturated heterocycles. The number of nitrogen functional groups attached to an aromatic ring is 1. The smallest absolute Gasteiger partial charge is 0.223 e. The molecule has 0 spiro atoms. The molecule has 0 atom stereocenters. The van der Waals surface area contributed by atoms with Crippen molar-refractivity contribution in [2.45, 2.75) is 25.5 Å². The summed E-state index contributed by atoms with van der Waals surface area (Å²) in [5, 5.41) is 14.0. The van der Waals surface area contributed by atoms with Gasteiger partial charge in [0.15, 0.2) is 11.4 Å². The zero-order chi connectivity index (χ0) is 15.8. The average Bonchev–Trinajstić information content (AvgIpc) is 3.21. The van der Waals surface area contributed by atoms with E-state index in [9.17, 15) is 5.11 Å². The summed E-state index contributed by atoms with van der Waals surface area (Å²) < 4.78 is 6.90. The van der Waals surface area contributed by atoms with Gasteiger partial charge in [-0.1, -0.05) is 0 Å². The maximum atomic E-state index is 9.62. The van der Waals surface area contributed by atoms with Crippen LogP contribution >= 0.6 is 0 Å². The zero-order valence-corrected chi connectivity index (χ0v) is 12.6. The number of likely N-dealkylation sites (tertiary alicyclic amines) is 1. The lowest BCUT2D eigenvalue weighted by atomic mass is 10.1. The second-order valence-electron chi connectivity index (χ2n) is 5.80. The van der Waals surface area contributed by atoms with Crippen LogP contribution in [0.4, 0.5) is 5.95 Å². The van der Waals surface area contributed by atoms with Crippen LogP contribution in [0.15, 0.2) is 29.0 Å². The molecule has 1 fully saturated rings. The van der Waals surface area contributed by atoms with Crippen LogP contribution in [0.1, 0.15) is 18.4 Å². The Morgan fingerprint density at radius 1 is 1.35 bits per heavy atom. The highest BCUT2D eigenvalue weighted by Crippen LogP contribution is 2.21. The second kappa shape index (κ2) is 5.64. The van der Waals surface area contributed by atoms with Crippen molar-refractivity contribution in [3.05, 3.63) is 30.2 Å². The molecule has 0 aromatic carbocycles.